The zero-order valence-electron chi connectivity index (χ0n) is 15.1. The van der Waals surface area contributed by atoms with Crippen LogP contribution in [-0.4, -0.2) is 43.6 Å². The van der Waals surface area contributed by atoms with Gasteiger partial charge in [-0.2, -0.15) is 5.10 Å². The van der Waals surface area contributed by atoms with E-state index < -0.39 is 0 Å². The molecule has 0 spiro atoms. The van der Waals surface area contributed by atoms with Gasteiger partial charge in [0.25, 0.3) is 5.91 Å². The summed E-state index contributed by atoms with van der Waals surface area (Å²) in [5.41, 5.74) is 3.67. The zero-order chi connectivity index (χ0) is 18.1. The van der Waals surface area contributed by atoms with Gasteiger partial charge < -0.3 is 9.88 Å². The molecule has 1 N–H and O–H groups in total. The Morgan fingerprint density at radius 1 is 1.19 bits per heavy atom. The SMILES string of the molecule is Cc1cc(C)n(-c2cccc(C(=O)N3CCC(c4ncc[nH]4)CC3)c2)n1. The number of H-pyrrole nitrogens is 1. The van der Waals surface area contributed by atoms with Crippen LogP contribution in [0.4, 0.5) is 0 Å². The Morgan fingerprint density at radius 3 is 2.65 bits per heavy atom. The molecule has 134 valence electrons. The highest BCUT2D eigenvalue weighted by Gasteiger charge is 2.26. The highest BCUT2D eigenvalue weighted by atomic mass is 16.2. The van der Waals surface area contributed by atoms with Crippen molar-refractivity contribution < 1.29 is 4.79 Å². The maximum Gasteiger partial charge on any atom is 0.253 e. The van der Waals surface area contributed by atoms with E-state index in [0.29, 0.717) is 11.5 Å². The van der Waals surface area contributed by atoms with Gasteiger partial charge in [0.1, 0.15) is 5.82 Å². The largest absolute Gasteiger partial charge is 0.348 e. The van der Waals surface area contributed by atoms with E-state index in [1.165, 1.54) is 0 Å². The highest BCUT2D eigenvalue weighted by molar-refractivity contribution is 5.94. The number of carbonyl (C=O) groups is 1. The van der Waals surface area contributed by atoms with E-state index in [4.69, 9.17) is 0 Å². The molecule has 0 aliphatic carbocycles. The van der Waals surface area contributed by atoms with Crippen LogP contribution in [0.2, 0.25) is 0 Å². The molecule has 26 heavy (non-hydrogen) atoms. The molecule has 3 heterocycles. The Labute approximate surface area is 152 Å². The second-order valence-corrected chi connectivity index (χ2v) is 6.93. The molecule has 1 aliphatic rings. The Kier molecular flexibility index (Phi) is 4.32. The molecule has 4 rings (SSSR count). The molecule has 0 atom stereocenters. The lowest BCUT2D eigenvalue weighted by Crippen LogP contribution is -2.38. The normalized spacial score (nSPS) is 15.4. The summed E-state index contributed by atoms with van der Waals surface area (Å²) < 4.78 is 1.88. The predicted molar refractivity (Wildman–Crippen MR) is 99.5 cm³/mol. The Morgan fingerprint density at radius 2 is 2.00 bits per heavy atom. The van der Waals surface area contributed by atoms with Gasteiger partial charge in [0.15, 0.2) is 0 Å². The number of rotatable bonds is 3. The van der Waals surface area contributed by atoms with Gasteiger partial charge in [0.05, 0.1) is 11.4 Å². The summed E-state index contributed by atoms with van der Waals surface area (Å²) in [6.07, 6.45) is 5.53. The lowest BCUT2D eigenvalue weighted by Gasteiger charge is -2.31. The lowest BCUT2D eigenvalue weighted by atomic mass is 9.95. The van der Waals surface area contributed by atoms with Gasteiger partial charge in [-0.05, 0) is 51.0 Å². The van der Waals surface area contributed by atoms with Crippen molar-refractivity contribution in [3.63, 3.8) is 0 Å². The lowest BCUT2D eigenvalue weighted by molar-refractivity contribution is 0.0711. The van der Waals surface area contributed by atoms with Crippen LogP contribution in [0.25, 0.3) is 5.69 Å². The Balaban J connectivity index is 1.49. The third-order valence-electron chi connectivity index (χ3n) is 5.04. The fourth-order valence-corrected chi connectivity index (χ4v) is 3.70. The van der Waals surface area contributed by atoms with Crippen LogP contribution in [0.15, 0.2) is 42.7 Å². The van der Waals surface area contributed by atoms with E-state index in [-0.39, 0.29) is 5.91 Å². The molecule has 2 aromatic heterocycles. The first kappa shape index (κ1) is 16.6. The summed E-state index contributed by atoms with van der Waals surface area (Å²) in [7, 11) is 0. The predicted octanol–water partition coefficient (Wildman–Crippen LogP) is 3.23. The number of nitrogens with zero attached hydrogens (tertiary/aromatic N) is 4. The zero-order valence-corrected chi connectivity index (χ0v) is 15.1. The quantitative estimate of drug-likeness (QED) is 0.789. The van der Waals surface area contributed by atoms with Crippen LogP contribution in [0.5, 0.6) is 0 Å². The van der Waals surface area contributed by atoms with E-state index in [9.17, 15) is 4.79 Å². The average Bonchev–Trinajstić information content (AvgIpc) is 3.31. The molecule has 1 saturated heterocycles. The van der Waals surface area contributed by atoms with E-state index in [2.05, 4.69) is 15.1 Å². The minimum Gasteiger partial charge on any atom is -0.348 e. The Bertz CT molecular complexity index is 904. The van der Waals surface area contributed by atoms with Gasteiger partial charge in [-0.25, -0.2) is 9.67 Å². The van der Waals surface area contributed by atoms with Crippen LogP contribution in [-0.2, 0) is 0 Å². The molecule has 1 amide bonds. The van der Waals surface area contributed by atoms with Crippen LogP contribution in [0.1, 0.15) is 46.3 Å². The molecule has 1 aliphatic heterocycles. The summed E-state index contributed by atoms with van der Waals surface area (Å²) in [5.74, 6) is 1.53. The van der Waals surface area contributed by atoms with Crippen LogP contribution in [0.3, 0.4) is 0 Å². The average molecular weight is 349 g/mol. The molecule has 0 bridgehead atoms. The van der Waals surface area contributed by atoms with Crippen molar-refractivity contribution in [2.24, 2.45) is 0 Å². The number of benzene rings is 1. The molecule has 0 radical (unpaired) electrons. The molecular weight excluding hydrogens is 326 g/mol. The number of carbonyl (C=O) groups excluding carboxylic acids is 1. The van der Waals surface area contributed by atoms with Crippen molar-refractivity contribution in [3.05, 3.63) is 65.5 Å². The molecule has 0 unspecified atom stereocenters. The molecule has 6 heteroatoms. The smallest absolute Gasteiger partial charge is 0.253 e. The number of aryl methyl sites for hydroxylation is 2. The summed E-state index contributed by atoms with van der Waals surface area (Å²) in [5, 5.41) is 4.51. The second-order valence-electron chi connectivity index (χ2n) is 6.93. The number of imidazole rings is 1. The molecule has 1 fully saturated rings. The van der Waals surface area contributed by atoms with Gasteiger partial charge in [0.2, 0.25) is 0 Å². The fourth-order valence-electron chi connectivity index (χ4n) is 3.70. The first-order valence-corrected chi connectivity index (χ1v) is 9.04. The molecular formula is C20H23N5O. The summed E-state index contributed by atoms with van der Waals surface area (Å²) in [6, 6.07) is 9.76. The fraction of sp³-hybridized carbons (Fsp3) is 0.350. The summed E-state index contributed by atoms with van der Waals surface area (Å²) in [4.78, 5) is 22.4. The maximum absolute atomic E-state index is 12.9. The standard InChI is InChI=1S/C20H23N5O/c1-14-12-15(2)25(23-14)18-5-3-4-17(13-18)20(26)24-10-6-16(7-11-24)19-21-8-9-22-19/h3-5,8-9,12-13,16H,6-7,10-11H2,1-2H3,(H,21,22). The number of amides is 1. The van der Waals surface area contributed by atoms with E-state index in [0.717, 1.165) is 48.8 Å². The minimum atomic E-state index is 0.0891. The molecule has 0 saturated carbocycles. The van der Waals surface area contributed by atoms with Crippen molar-refractivity contribution in [2.75, 3.05) is 13.1 Å². The topological polar surface area (TPSA) is 66.8 Å². The third kappa shape index (κ3) is 3.14. The van der Waals surface area contributed by atoms with Crippen LogP contribution in [0, 0.1) is 13.8 Å². The third-order valence-corrected chi connectivity index (χ3v) is 5.04. The molecule has 6 nitrogen and oxygen atoms in total. The number of aromatic amines is 1. The van der Waals surface area contributed by atoms with Crippen molar-refractivity contribution >= 4 is 5.91 Å². The van der Waals surface area contributed by atoms with Gasteiger partial charge >= 0.3 is 0 Å². The summed E-state index contributed by atoms with van der Waals surface area (Å²) in [6.45, 7) is 5.51. The number of hydrogen-bond acceptors (Lipinski definition) is 3. The van der Waals surface area contributed by atoms with E-state index >= 15 is 0 Å². The van der Waals surface area contributed by atoms with Crippen molar-refractivity contribution in [3.8, 4) is 5.69 Å². The van der Waals surface area contributed by atoms with Crippen LogP contribution >= 0.6 is 0 Å². The number of piperidine rings is 1. The minimum absolute atomic E-state index is 0.0891. The number of aromatic nitrogens is 4. The number of nitrogens with one attached hydrogen (secondary N) is 1. The number of likely N-dealkylation sites (tertiary alicyclic amines) is 1. The maximum atomic E-state index is 12.9. The van der Waals surface area contributed by atoms with Gasteiger partial charge in [-0.1, -0.05) is 6.07 Å². The van der Waals surface area contributed by atoms with E-state index in [1.54, 1.807) is 6.20 Å². The molecule has 3 aromatic rings. The van der Waals surface area contributed by atoms with Gasteiger partial charge in [-0.3, -0.25) is 4.79 Å². The van der Waals surface area contributed by atoms with Gasteiger partial charge in [0, 0.05) is 42.7 Å². The van der Waals surface area contributed by atoms with Crippen molar-refractivity contribution in [1.82, 2.24) is 24.6 Å². The highest BCUT2D eigenvalue weighted by Crippen LogP contribution is 2.26. The monoisotopic (exact) mass is 349 g/mol. The first-order chi connectivity index (χ1) is 12.6. The van der Waals surface area contributed by atoms with E-state index in [1.807, 2.05) is 60.0 Å². The Hall–Kier alpha value is -2.89. The van der Waals surface area contributed by atoms with Crippen molar-refractivity contribution in [2.45, 2.75) is 32.6 Å². The molecule has 1 aromatic carbocycles. The van der Waals surface area contributed by atoms with Gasteiger partial charge in [-0.15, -0.1) is 0 Å². The number of hydrogen-bond donors (Lipinski definition) is 1. The second kappa shape index (κ2) is 6.78. The van der Waals surface area contributed by atoms with Crippen LogP contribution < -0.4 is 0 Å². The first-order valence-electron chi connectivity index (χ1n) is 9.04. The summed E-state index contributed by atoms with van der Waals surface area (Å²) >= 11 is 0. The van der Waals surface area contributed by atoms with Crippen molar-refractivity contribution in [1.29, 1.82) is 0 Å².